The van der Waals surface area contributed by atoms with Gasteiger partial charge in [-0.05, 0) is 31.2 Å². The molecule has 0 aliphatic heterocycles. The fourth-order valence-electron chi connectivity index (χ4n) is 2.22. The van der Waals surface area contributed by atoms with Gasteiger partial charge in [0.15, 0.2) is 11.6 Å². The molecule has 2 aromatic carbocycles. The number of halogens is 2. The van der Waals surface area contributed by atoms with Crippen molar-refractivity contribution in [1.29, 1.82) is 5.26 Å². The van der Waals surface area contributed by atoms with Crippen molar-refractivity contribution in [3.05, 3.63) is 71.4 Å². The molecule has 7 heteroatoms. The van der Waals surface area contributed by atoms with E-state index in [4.69, 9.17) is 5.26 Å². The number of rotatable bonds is 4. The summed E-state index contributed by atoms with van der Waals surface area (Å²) in [5.41, 5.74) is 2.06. The maximum Gasteiger partial charge on any atom is 0.229 e. The van der Waals surface area contributed by atoms with Gasteiger partial charge in [0.25, 0.3) is 0 Å². The second-order valence-electron chi connectivity index (χ2n) is 5.25. The molecule has 1 aromatic heterocycles. The predicted octanol–water partition coefficient (Wildman–Crippen LogP) is 4.42. The molecule has 0 aliphatic rings. The number of benzene rings is 2. The summed E-state index contributed by atoms with van der Waals surface area (Å²) in [6.45, 7) is 1.78. The van der Waals surface area contributed by atoms with E-state index in [-0.39, 0.29) is 5.95 Å². The summed E-state index contributed by atoms with van der Waals surface area (Å²) in [6.07, 6.45) is 0. The Morgan fingerprint density at radius 1 is 0.960 bits per heavy atom. The smallest absolute Gasteiger partial charge is 0.229 e. The SMILES string of the molecule is Cc1cc(Nc2ccc(F)c(F)c2)nc(Nc2ccccc2C#N)n1. The highest BCUT2D eigenvalue weighted by atomic mass is 19.2. The Bertz CT molecular complexity index is 966. The van der Waals surface area contributed by atoms with Gasteiger partial charge in [-0.2, -0.15) is 10.2 Å². The molecule has 0 radical (unpaired) electrons. The minimum atomic E-state index is -0.947. The molecule has 0 fully saturated rings. The molecule has 5 nitrogen and oxygen atoms in total. The Morgan fingerprint density at radius 2 is 1.76 bits per heavy atom. The van der Waals surface area contributed by atoms with E-state index in [0.29, 0.717) is 28.5 Å². The van der Waals surface area contributed by atoms with E-state index in [1.807, 2.05) is 0 Å². The zero-order valence-corrected chi connectivity index (χ0v) is 13.2. The van der Waals surface area contributed by atoms with Crippen molar-refractivity contribution in [2.24, 2.45) is 0 Å². The molecule has 25 heavy (non-hydrogen) atoms. The van der Waals surface area contributed by atoms with E-state index in [1.165, 1.54) is 6.07 Å². The lowest BCUT2D eigenvalue weighted by atomic mass is 10.2. The lowest BCUT2D eigenvalue weighted by Gasteiger charge is -2.11. The Kier molecular flexibility index (Phi) is 4.53. The number of anilines is 4. The Morgan fingerprint density at radius 3 is 2.52 bits per heavy atom. The van der Waals surface area contributed by atoms with E-state index in [0.717, 1.165) is 12.1 Å². The maximum absolute atomic E-state index is 13.3. The van der Waals surface area contributed by atoms with Crippen molar-refractivity contribution in [2.45, 2.75) is 6.92 Å². The molecule has 0 saturated carbocycles. The molecule has 0 amide bonds. The van der Waals surface area contributed by atoms with E-state index < -0.39 is 11.6 Å². The largest absolute Gasteiger partial charge is 0.340 e. The third-order valence-corrected chi connectivity index (χ3v) is 3.34. The number of hydrogen-bond donors (Lipinski definition) is 2. The molecule has 0 saturated heterocycles. The summed E-state index contributed by atoms with van der Waals surface area (Å²) >= 11 is 0. The van der Waals surface area contributed by atoms with Crippen molar-refractivity contribution in [2.75, 3.05) is 10.6 Å². The molecule has 0 spiro atoms. The third kappa shape index (κ3) is 3.87. The minimum Gasteiger partial charge on any atom is -0.340 e. The van der Waals surface area contributed by atoms with Gasteiger partial charge in [-0.1, -0.05) is 12.1 Å². The molecule has 0 aliphatic carbocycles. The summed E-state index contributed by atoms with van der Waals surface area (Å²) < 4.78 is 26.3. The van der Waals surface area contributed by atoms with Crippen LogP contribution in [-0.2, 0) is 0 Å². The van der Waals surface area contributed by atoms with Gasteiger partial charge in [-0.15, -0.1) is 0 Å². The summed E-state index contributed by atoms with van der Waals surface area (Å²) in [5, 5.41) is 15.0. The van der Waals surface area contributed by atoms with Crippen LogP contribution in [0.1, 0.15) is 11.3 Å². The molecule has 0 atom stereocenters. The normalized spacial score (nSPS) is 10.2. The fraction of sp³-hybridized carbons (Fsp3) is 0.0556. The van der Waals surface area contributed by atoms with Crippen molar-refractivity contribution < 1.29 is 8.78 Å². The van der Waals surface area contributed by atoms with Crippen molar-refractivity contribution in [1.82, 2.24) is 9.97 Å². The van der Waals surface area contributed by atoms with Gasteiger partial charge in [0, 0.05) is 23.5 Å². The maximum atomic E-state index is 13.3. The highest BCUT2D eigenvalue weighted by Crippen LogP contribution is 2.22. The van der Waals surface area contributed by atoms with Crippen LogP contribution in [-0.4, -0.2) is 9.97 Å². The standard InChI is InChI=1S/C18H13F2N5/c1-11-8-17(23-13-6-7-14(19)15(20)9-13)25-18(22-11)24-16-5-3-2-4-12(16)10-21/h2-9H,1H3,(H2,22,23,24,25). The summed E-state index contributed by atoms with van der Waals surface area (Å²) in [7, 11) is 0. The summed E-state index contributed by atoms with van der Waals surface area (Å²) in [5.74, 6) is -1.17. The molecule has 124 valence electrons. The summed E-state index contributed by atoms with van der Waals surface area (Å²) in [4.78, 5) is 8.56. The Hall–Kier alpha value is -3.53. The molecule has 0 unspecified atom stereocenters. The van der Waals surface area contributed by atoms with Gasteiger partial charge in [-0.3, -0.25) is 0 Å². The van der Waals surface area contributed by atoms with Gasteiger partial charge >= 0.3 is 0 Å². The molecular weight excluding hydrogens is 324 g/mol. The topological polar surface area (TPSA) is 73.6 Å². The first-order valence-electron chi connectivity index (χ1n) is 7.39. The van der Waals surface area contributed by atoms with E-state index in [2.05, 4.69) is 26.7 Å². The first-order chi connectivity index (χ1) is 12.0. The zero-order valence-electron chi connectivity index (χ0n) is 13.2. The molecular formula is C18H13F2N5. The van der Waals surface area contributed by atoms with Gasteiger partial charge in [0.1, 0.15) is 11.9 Å². The van der Waals surface area contributed by atoms with Crippen LogP contribution in [0.4, 0.5) is 31.9 Å². The molecule has 2 N–H and O–H groups in total. The van der Waals surface area contributed by atoms with Gasteiger partial charge in [0.05, 0.1) is 11.3 Å². The first kappa shape index (κ1) is 16.3. The van der Waals surface area contributed by atoms with Gasteiger partial charge in [0.2, 0.25) is 5.95 Å². The lowest BCUT2D eigenvalue weighted by Crippen LogP contribution is -2.03. The van der Waals surface area contributed by atoms with Crippen LogP contribution in [0.25, 0.3) is 0 Å². The van der Waals surface area contributed by atoms with Crippen molar-refractivity contribution >= 4 is 23.1 Å². The van der Waals surface area contributed by atoms with Crippen LogP contribution >= 0.6 is 0 Å². The highest BCUT2D eigenvalue weighted by Gasteiger charge is 2.08. The predicted molar refractivity (Wildman–Crippen MR) is 90.8 cm³/mol. The molecule has 0 bridgehead atoms. The minimum absolute atomic E-state index is 0.285. The number of nitrogens with zero attached hydrogens (tertiary/aromatic N) is 3. The number of nitriles is 1. The quantitative estimate of drug-likeness (QED) is 0.737. The second-order valence-corrected chi connectivity index (χ2v) is 5.25. The zero-order chi connectivity index (χ0) is 17.8. The van der Waals surface area contributed by atoms with Crippen LogP contribution in [0.2, 0.25) is 0 Å². The average molecular weight is 337 g/mol. The van der Waals surface area contributed by atoms with Gasteiger partial charge < -0.3 is 10.6 Å². The first-order valence-corrected chi connectivity index (χ1v) is 7.39. The van der Waals surface area contributed by atoms with Crippen LogP contribution < -0.4 is 10.6 Å². The highest BCUT2D eigenvalue weighted by molar-refractivity contribution is 5.64. The van der Waals surface area contributed by atoms with Crippen LogP contribution in [0.15, 0.2) is 48.5 Å². The Labute approximate surface area is 143 Å². The summed E-state index contributed by atoms with van der Waals surface area (Å²) in [6, 6.07) is 14.2. The fourth-order valence-corrected chi connectivity index (χ4v) is 2.22. The Balaban J connectivity index is 1.88. The van der Waals surface area contributed by atoms with E-state index >= 15 is 0 Å². The number of aromatic nitrogens is 2. The molecule has 1 heterocycles. The monoisotopic (exact) mass is 337 g/mol. The van der Waals surface area contributed by atoms with Crippen LogP contribution in [0.5, 0.6) is 0 Å². The third-order valence-electron chi connectivity index (χ3n) is 3.34. The van der Waals surface area contributed by atoms with Crippen molar-refractivity contribution in [3.8, 4) is 6.07 Å². The number of aryl methyl sites for hydroxylation is 1. The van der Waals surface area contributed by atoms with Crippen molar-refractivity contribution in [3.63, 3.8) is 0 Å². The van der Waals surface area contributed by atoms with Gasteiger partial charge in [-0.25, -0.2) is 13.8 Å². The van der Waals surface area contributed by atoms with Crippen LogP contribution in [0, 0.1) is 29.9 Å². The number of para-hydroxylation sites is 1. The lowest BCUT2D eigenvalue weighted by molar-refractivity contribution is 0.509. The van der Waals surface area contributed by atoms with E-state index in [9.17, 15) is 8.78 Å². The molecule has 3 aromatic rings. The van der Waals surface area contributed by atoms with E-state index in [1.54, 1.807) is 37.3 Å². The van der Waals surface area contributed by atoms with Crippen LogP contribution in [0.3, 0.4) is 0 Å². The second kappa shape index (κ2) is 6.93. The average Bonchev–Trinajstić information content (AvgIpc) is 2.58. The number of nitrogens with one attached hydrogen (secondary N) is 2. The number of hydrogen-bond acceptors (Lipinski definition) is 5. The molecule has 3 rings (SSSR count).